The molecular formula is C52H55ClF3N6O6PS2. The van der Waals surface area contributed by atoms with Crippen molar-refractivity contribution in [2.75, 3.05) is 72.4 Å². The van der Waals surface area contributed by atoms with E-state index < -0.39 is 39.8 Å². The summed E-state index contributed by atoms with van der Waals surface area (Å²) in [7, 11) is -6.37. The third-order valence-electron chi connectivity index (χ3n) is 12.6. The maximum absolute atomic E-state index is 14.8. The van der Waals surface area contributed by atoms with Crippen LogP contribution in [0.3, 0.4) is 0 Å². The summed E-state index contributed by atoms with van der Waals surface area (Å²) < 4.78 is 93.4. The Labute approximate surface area is 422 Å². The molecule has 0 saturated carbocycles. The zero-order chi connectivity index (χ0) is 50.8. The molecule has 8 rings (SSSR count). The number of aromatic nitrogens is 1. The summed E-state index contributed by atoms with van der Waals surface area (Å²) in [6.07, 6.45) is 3.10. The van der Waals surface area contributed by atoms with Crippen molar-refractivity contribution in [3.63, 3.8) is 0 Å². The van der Waals surface area contributed by atoms with Gasteiger partial charge in [-0.15, -0.1) is 11.8 Å². The lowest BCUT2D eigenvalue weighted by atomic mass is 9.96. The summed E-state index contributed by atoms with van der Waals surface area (Å²) in [6, 6.07) is 35.0. The van der Waals surface area contributed by atoms with Gasteiger partial charge in [0.15, 0.2) is 0 Å². The first-order valence-electron chi connectivity index (χ1n) is 23.0. The van der Waals surface area contributed by atoms with Crippen LogP contribution in [0.25, 0.3) is 22.4 Å². The van der Waals surface area contributed by atoms with Gasteiger partial charge in [-0.3, -0.25) is 4.67 Å². The highest BCUT2D eigenvalue weighted by Gasteiger charge is 2.49. The topological polar surface area (TPSA) is 128 Å². The Kier molecular flexibility index (Phi) is 15.3. The van der Waals surface area contributed by atoms with E-state index in [2.05, 4.69) is 19.7 Å². The second kappa shape index (κ2) is 21.1. The zero-order valence-electron chi connectivity index (χ0n) is 39.8. The molecule has 1 unspecified atom stereocenters. The molecule has 0 amide bonds. The number of halogens is 4. The Morgan fingerprint density at radius 2 is 1.51 bits per heavy atom. The molecule has 1 aromatic heterocycles. The minimum absolute atomic E-state index is 0.0180. The summed E-state index contributed by atoms with van der Waals surface area (Å²) in [5.41, 5.74) is 0.370. The van der Waals surface area contributed by atoms with Crippen molar-refractivity contribution in [3.8, 4) is 22.4 Å². The van der Waals surface area contributed by atoms with E-state index in [9.17, 15) is 36.1 Å². The predicted octanol–water partition coefficient (Wildman–Crippen LogP) is 12.0. The number of alkyl halides is 3. The molecule has 1 fully saturated rings. The van der Waals surface area contributed by atoms with Gasteiger partial charge in [0.1, 0.15) is 11.2 Å². The molecule has 0 bridgehead atoms. The molecule has 2 N–H and O–H groups in total. The van der Waals surface area contributed by atoms with Crippen molar-refractivity contribution >= 4 is 74.7 Å². The van der Waals surface area contributed by atoms with Crippen LogP contribution in [0, 0.1) is 6.92 Å². The summed E-state index contributed by atoms with van der Waals surface area (Å²) in [4.78, 5) is 19.2. The molecule has 0 radical (unpaired) electrons. The highest BCUT2D eigenvalue weighted by Crippen LogP contribution is 2.57. The molecular weight excluding hydrogens is 992 g/mol. The molecule has 2 atom stereocenters. The van der Waals surface area contributed by atoms with Crippen LogP contribution in [0.2, 0.25) is 5.02 Å². The molecule has 71 heavy (non-hydrogen) atoms. The monoisotopic (exact) mass is 1050 g/mol. The van der Waals surface area contributed by atoms with Crippen molar-refractivity contribution in [1.29, 1.82) is 0 Å². The quantitative estimate of drug-likeness (QED) is 0.0667. The second-order valence-electron chi connectivity index (χ2n) is 17.9. The highest BCUT2D eigenvalue weighted by atomic mass is 35.5. The van der Waals surface area contributed by atoms with Gasteiger partial charge in [0.05, 0.1) is 27.9 Å². The molecule has 19 heteroatoms. The van der Waals surface area contributed by atoms with E-state index in [-0.39, 0.29) is 22.6 Å². The average Bonchev–Trinajstić information content (AvgIpc) is 3.90. The molecule has 6 aromatic rings. The number of anilines is 4. The molecule has 0 spiro atoms. The summed E-state index contributed by atoms with van der Waals surface area (Å²) in [5, 5.41) is 14.0. The number of carbonyl (C=O) groups is 1. The minimum atomic E-state index is -5.92. The van der Waals surface area contributed by atoms with Crippen molar-refractivity contribution in [2.45, 2.75) is 54.6 Å². The van der Waals surface area contributed by atoms with Crippen LogP contribution in [0.5, 0.6) is 0 Å². The largest absolute Gasteiger partial charge is 0.501 e. The van der Waals surface area contributed by atoms with Gasteiger partial charge in [0.25, 0.3) is 9.84 Å². The molecule has 5 aromatic carbocycles. The first-order valence-corrected chi connectivity index (χ1v) is 27.4. The van der Waals surface area contributed by atoms with Crippen LogP contribution in [-0.2, 0) is 18.9 Å². The number of carboxylic acids is 1. The van der Waals surface area contributed by atoms with Crippen molar-refractivity contribution in [2.24, 2.45) is 0 Å². The van der Waals surface area contributed by atoms with Crippen molar-refractivity contribution in [1.82, 2.24) is 9.47 Å². The lowest BCUT2D eigenvalue weighted by Crippen LogP contribution is -2.46. The van der Waals surface area contributed by atoms with Gasteiger partial charge in [0, 0.05) is 82.8 Å². The normalized spacial score (nSPS) is 16.7. The van der Waals surface area contributed by atoms with Gasteiger partial charge in [0.2, 0.25) is 0 Å². The number of sulfone groups is 1. The minimum Gasteiger partial charge on any atom is -0.478 e. The first-order chi connectivity index (χ1) is 33.8. The number of rotatable bonds is 17. The van der Waals surface area contributed by atoms with Crippen LogP contribution in [0.1, 0.15) is 42.4 Å². The SMILES string of the molecule is Cc1c(C(=O)O)c(-c2cccc(N3CCN(c4ccc(N5C=CO[P@]5(=O)c5ccc(NC(CCN(C)C)CSc6ccccc6)c(S(=O)(=O)C(F)(F)F)c5)cc4)CC3)c2)c(-c2ccc(Cl)cc2)n1C(C)C. The van der Waals surface area contributed by atoms with Gasteiger partial charge in [-0.25, -0.2) is 17.8 Å². The van der Waals surface area contributed by atoms with Gasteiger partial charge in [-0.1, -0.05) is 54.1 Å². The molecule has 0 aliphatic carbocycles. The smallest absolute Gasteiger partial charge is 0.478 e. The van der Waals surface area contributed by atoms with Gasteiger partial charge < -0.3 is 34.2 Å². The van der Waals surface area contributed by atoms with E-state index >= 15 is 0 Å². The average molecular weight is 1050 g/mol. The van der Waals surface area contributed by atoms with Crippen molar-refractivity contribution < 1.29 is 40.6 Å². The Balaban J connectivity index is 1.00. The molecule has 2 aliphatic rings. The number of hydrogen-bond acceptors (Lipinski definition) is 10. The van der Waals surface area contributed by atoms with Crippen LogP contribution < -0.4 is 25.1 Å². The Hall–Kier alpha value is -5.84. The molecule has 3 heterocycles. The van der Waals surface area contributed by atoms with Gasteiger partial charge >= 0.3 is 19.0 Å². The molecule has 2 aliphatic heterocycles. The lowest BCUT2D eigenvalue weighted by Gasteiger charge is -2.37. The van der Waals surface area contributed by atoms with E-state index in [0.717, 1.165) is 39.2 Å². The summed E-state index contributed by atoms with van der Waals surface area (Å²) >= 11 is 7.76. The third kappa shape index (κ3) is 10.8. The standard InChI is InChI=1S/C52H55ClF3N6O6PS2/c1-35(2)62-36(3)48(51(63)64)49(50(62)37-14-16-39(53)17-15-37)38-10-9-11-43(32-38)60-28-26-59(27-29-60)41-18-20-42(21-19-41)61-30-31-68-69(61,65)44-22-23-46(47(33-44)71(66,67)52(54,55)56)57-40(24-25-58(4)5)34-70-45-12-7-6-8-13-45/h6-23,30-33,35,40,57H,24-29,34H2,1-5H3,(H,63,64)/t40?,69-/m1/s1. The van der Waals surface area contributed by atoms with Crippen LogP contribution >= 0.6 is 30.9 Å². The fourth-order valence-electron chi connectivity index (χ4n) is 9.11. The second-order valence-corrected chi connectivity index (χ2v) is 23.6. The van der Waals surface area contributed by atoms with E-state index in [1.54, 1.807) is 24.3 Å². The Morgan fingerprint density at radius 1 is 0.859 bits per heavy atom. The number of thioether (sulfide) groups is 1. The highest BCUT2D eigenvalue weighted by molar-refractivity contribution is 7.99. The zero-order valence-corrected chi connectivity index (χ0v) is 43.1. The van der Waals surface area contributed by atoms with E-state index in [1.165, 1.54) is 41.0 Å². The van der Waals surface area contributed by atoms with Crippen LogP contribution in [0.4, 0.5) is 35.9 Å². The fraction of sp³-hybridized carbons (Fsp3) is 0.288. The Bertz CT molecular complexity index is 3080. The number of aromatic carboxylic acids is 1. The van der Waals surface area contributed by atoms with Gasteiger partial charge in [-0.2, -0.15) is 13.2 Å². The van der Waals surface area contributed by atoms with Crippen molar-refractivity contribution in [3.05, 3.63) is 150 Å². The van der Waals surface area contributed by atoms with Gasteiger partial charge in [-0.05, 0) is 138 Å². The third-order valence-corrected chi connectivity index (χ3v) is 17.8. The van der Waals surface area contributed by atoms with E-state index in [0.29, 0.717) is 66.9 Å². The molecule has 1 saturated heterocycles. The lowest BCUT2D eigenvalue weighted by molar-refractivity contribution is -0.0435. The maximum Gasteiger partial charge on any atom is 0.501 e. The number of piperazine rings is 1. The summed E-state index contributed by atoms with van der Waals surface area (Å²) in [5.74, 6) is -0.572. The Morgan fingerprint density at radius 3 is 2.13 bits per heavy atom. The predicted molar refractivity (Wildman–Crippen MR) is 281 cm³/mol. The molecule has 12 nitrogen and oxygen atoms in total. The number of nitrogens with one attached hydrogen (secondary N) is 1. The maximum atomic E-state index is 14.8. The number of hydrogen-bond donors (Lipinski definition) is 2. The number of benzene rings is 5. The molecule has 374 valence electrons. The summed E-state index contributed by atoms with van der Waals surface area (Å²) in [6.45, 7) is 9.09. The van der Waals surface area contributed by atoms with Crippen LogP contribution in [0.15, 0.2) is 144 Å². The van der Waals surface area contributed by atoms with E-state index in [1.807, 2.05) is 119 Å². The van der Waals surface area contributed by atoms with E-state index in [4.69, 9.17) is 16.1 Å². The number of carboxylic acid groups (broad SMARTS) is 1. The fourth-order valence-corrected chi connectivity index (χ4v) is 13.2. The number of nitrogens with zero attached hydrogens (tertiary/aromatic N) is 5. The van der Waals surface area contributed by atoms with Crippen LogP contribution in [-0.4, -0.2) is 93.1 Å². The first kappa shape index (κ1) is 51.5.